The molecule has 2 aliphatic heterocycles. The molecule has 0 aromatic carbocycles. The molecule has 3 heterocycles. The Balaban J connectivity index is 2.04. The average molecular weight is 398 g/mol. The molecule has 1 saturated heterocycles. The number of hydrogen-bond donors (Lipinski definition) is 0. The van der Waals surface area contributed by atoms with Crippen LogP contribution in [0, 0.1) is 0 Å². The zero-order valence-corrected chi connectivity index (χ0v) is 13.0. The molecule has 19 heavy (non-hydrogen) atoms. The van der Waals surface area contributed by atoms with E-state index in [0.717, 1.165) is 13.1 Å². The van der Waals surface area contributed by atoms with Crippen LogP contribution < -0.4 is 34.5 Å². The Bertz CT molecular complexity index is 524. The van der Waals surface area contributed by atoms with Gasteiger partial charge in [0.15, 0.2) is 0 Å². The van der Waals surface area contributed by atoms with Crippen LogP contribution in [0.15, 0.2) is 0 Å². The van der Waals surface area contributed by atoms with Crippen LogP contribution in [0.5, 0.6) is 5.75 Å². The third-order valence-corrected chi connectivity index (χ3v) is 4.81. The molecular formula is C10H11ClIN4O3-. The maximum atomic E-state index is 11.7. The van der Waals surface area contributed by atoms with Crippen molar-refractivity contribution in [3.8, 4) is 5.75 Å². The van der Waals surface area contributed by atoms with Gasteiger partial charge in [0.1, 0.15) is 0 Å². The maximum absolute atomic E-state index is 11.7. The van der Waals surface area contributed by atoms with E-state index in [0.29, 0.717) is 30.6 Å². The second kappa shape index (κ2) is 5.25. The van der Waals surface area contributed by atoms with E-state index in [9.17, 15) is 4.79 Å². The molecule has 0 spiro atoms. The molecule has 1 aromatic rings. The van der Waals surface area contributed by atoms with E-state index in [4.69, 9.17) is 19.4 Å². The molecule has 2 aliphatic rings. The van der Waals surface area contributed by atoms with Gasteiger partial charge in [-0.25, -0.2) is 0 Å². The fourth-order valence-corrected chi connectivity index (χ4v) is 3.38. The molecule has 7 nitrogen and oxygen atoms in total. The van der Waals surface area contributed by atoms with Crippen molar-refractivity contribution in [3.05, 3.63) is 5.28 Å². The van der Waals surface area contributed by atoms with Gasteiger partial charge in [0.25, 0.3) is 0 Å². The number of anilines is 2. The van der Waals surface area contributed by atoms with E-state index in [1.54, 1.807) is 7.05 Å². The monoisotopic (exact) mass is 397 g/mol. The molecule has 0 saturated carbocycles. The minimum atomic E-state index is -1.02. The predicted octanol–water partition coefficient (Wildman–Crippen LogP) is -2.08. The van der Waals surface area contributed by atoms with Gasteiger partial charge >= 0.3 is 126 Å². The number of halogens is 2. The molecular weight excluding hydrogens is 386 g/mol. The van der Waals surface area contributed by atoms with Crippen LogP contribution in [0.1, 0.15) is 0 Å². The van der Waals surface area contributed by atoms with Crippen LogP contribution >= 0.6 is 11.6 Å². The fourth-order valence-electron chi connectivity index (χ4n) is 1.89. The van der Waals surface area contributed by atoms with Gasteiger partial charge in [0, 0.05) is 0 Å². The van der Waals surface area contributed by atoms with E-state index in [2.05, 4.69) is 9.97 Å². The number of carbonyl (C=O) groups is 1. The summed E-state index contributed by atoms with van der Waals surface area (Å²) in [5.41, 5.74) is 0. The van der Waals surface area contributed by atoms with E-state index >= 15 is 0 Å². The second-order valence-corrected chi connectivity index (χ2v) is 6.18. The number of ether oxygens (including phenoxy) is 1. The topological polar surface area (TPSA) is 67.8 Å². The molecule has 0 unspecified atom stereocenters. The van der Waals surface area contributed by atoms with Crippen LogP contribution in [-0.4, -0.2) is 47.2 Å². The molecule has 3 rings (SSSR count). The van der Waals surface area contributed by atoms with E-state index in [1.165, 1.54) is 4.90 Å². The predicted molar refractivity (Wildman–Crippen MR) is 64.5 cm³/mol. The summed E-state index contributed by atoms with van der Waals surface area (Å²) in [6.45, 7) is 2.72. The molecule has 104 valence electrons. The first-order chi connectivity index (χ1) is 9.16. The van der Waals surface area contributed by atoms with Crippen molar-refractivity contribution in [1.82, 2.24) is 9.97 Å². The van der Waals surface area contributed by atoms with Crippen molar-refractivity contribution in [2.24, 2.45) is 0 Å². The van der Waals surface area contributed by atoms with Gasteiger partial charge < -0.3 is 0 Å². The molecule has 1 amide bonds. The fraction of sp³-hybridized carbons (Fsp3) is 0.500. The van der Waals surface area contributed by atoms with Gasteiger partial charge in [-0.3, -0.25) is 0 Å². The molecule has 0 radical (unpaired) electrons. The van der Waals surface area contributed by atoms with Crippen molar-refractivity contribution in [3.63, 3.8) is 0 Å². The Hall–Kier alpha value is -0.870. The summed E-state index contributed by atoms with van der Waals surface area (Å²) < 4.78 is 10.9. The first kappa shape index (κ1) is 13.1. The van der Waals surface area contributed by atoms with Crippen molar-refractivity contribution in [1.29, 1.82) is 0 Å². The van der Waals surface area contributed by atoms with Crippen LogP contribution in [0.4, 0.5) is 16.4 Å². The number of fused-ring (bicyclic) bond motifs is 1. The third kappa shape index (κ3) is 2.43. The van der Waals surface area contributed by atoms with Gasteiger partial charge in [-0.15, -0.1) is 0 Å². The first-order valence-corrected chi connectivity index (χ1v) is 8.00. The summed E-state index contributed by atoms with van der Waals surface area (Å²) in [5, 5.41) is 0.114. The molecule has 9 heteroatoms. The van der Waals surface area contributed by atoms with Gasteiger partial charge in [-0.05, 0) is 0 Å². The Morgan fingerprint density at radius 3 is 2.68 bits per heavy atom. The Morgan fingerprint density at radius 1 is 1.26 bits per heavy atom. The number of rotatable bonds is 1. The molecule has 1 aromatic heterocycles. The van der Waals surface area contributed by atoms with Crippen molar-refractivity contribution in [2.75, 3.05) is 43.2 Å². The molecule has 0 N–H and O–H groups in total. The van der Waals surface area contributed by atoms with Gasteiger partial charge in [0.2, 0.25) is 0 Å². The number of nitrogens with zero attached hydrogens (tertiary/aromatic N) is 4. The van der Waals surface area contributed by atoms with Gasteiger partial charge in [-0.1, -0.05) is 0 Å². The zero-order valence-electron chi connectivity index (χ0n) is 10.1. The Morgan fingerprint density at radius 2 is 1.95 bits per heavy atom. The summed E-state index contributed by atoms with van der Waals surface area (Å²) in [6, 6.07) is 0. The van der Waals surface area contributed by atoms with Gasteiger partial charge in [0.05, 0.1) is 0 Å². The Labute approximate surface area is 125 Å². The van der Waals surface area contributed by atoms with Crippen LogP contribution in [-0.2, 0) is 4.74 Å². The SMILES string of the molecule is CN1C(=O)[I-]Oc2c(N3CCOCC3)nc(Cl)nc21. The van der Waals surface area contributed by atoms with Crippen molar-refractivity contribution >= 4 is 27.2 Å². The van der Waals surface area contributed by atoms with Crippen molar-refractivity contribution < 1.29 is 34.2 Å². The van der Waals surface area contributed by atoms with E-state index in [1.807, 2.05) is 4.90 Å². The number of amides is 1. The normalized spacial score (nSPS) is 19.6. The first-order valence-electron chi connectivity index (χ1n) is 5.66. The van der Waals surface area contributed by atoms with E-state index in [-0.39, 0.29) is 9.20 Å². The summed E-state index contributed by atoms with van der Waals surface area (Å²) in [7, 11) is 1.68. The number of hydrogen-bond acceptors (Lipinski definition) is 6. The number of carbonyl (C=O) groups excluding carboxylic acids is 1. The van der Waals surface area contributed by atoms with Crippen LogP contribution in [0.2, 0.25) is 5.28 Å². The third-order valence-electron chi connectivity index (χ3n) is 2.88. The summed E-state index contributed by atoms with van der Waals surface area (Å²) >= 11 is 4.93. The molecule has 1 fully saturated rings. The summed E-state index contributed by atoms with van der Waals surface area (Å²) in [6.07, 6.45) is 0. The number of morpholine rings is 1. The molecule has 0 aliphatic carbocycles. The molecule has 0 atom stereocenters. The molecule has 0 bridgehead atoms. The quantitative estimate of drug-likeness (QED) is 0.235. The van der Waals surface area contributed by atoms with Crippen molar-refractivity contribution in [2.45, 2.75) is 0 Å². The van der Waals surface area contributed by atoms with Gasteiger partial charge in [-0.2, -0.15) is 0 Å². The summed E-state index contributed by atoms with van der Waals surface area (Å²) in [4.78, 5) is 23.5. The minimum absolute atomic E-state index is 0.0472. The van der Waals surface area contributed by atoms with E-state index < -0.39 is 21.6 Å². The second-order valence-electron chi connectivity index (χ2n) is 4.03. The average Bonchev–Trinajstić information content (AvgIpc) is 2.44. The Kier molecular flexibility index (Phi) is 3.63. The number of aromatic nitrogens is 2. The summed E-state index contributed by atoms with van der Waals surface area (Å²) in [5.74, 6) is 1.65. The standard InChI is InChI=1S/C10H11ClIN4O3/c1-15-7-6(19-12-10(15)17)8(14-9(11)13-7)16-2-4-18-5-3-16/h2-5H2,1H3/q-1. The van der Waals surface area contributed by atoms with Crippen LogP contribution in [0.25, 0.3) is 0 Å². The van der Waals surface area contributed by atoms with Crippen LogP contribution in [0.3, 0.4) is 0 Å². The zero-order chi connectivity index (χ0) is 13.4.